The topological polar surface area (TPSA) is 80.4 Å². The predicted molar refractivity (Wildman–Crippen MR) is 70.2 cm³/mol. The van der Waals surface area contributed by atoms with Crippen molar-refractivity contribution in [1.82, 2.24) is 0 Å². The third-order valence-corrected chi connectivity index (χ3v) is 4.71. The summed E-state index contributed by atoms with van der Waals surface area (Å²) in [6, 6.07) is 0. The van der Waals surface area contributed by atoms with Gasteiger partial charge in [-0.1, -0.05) is 32.9 Å². The van der Waals surface area contributed by atoms with E-state index in [2.05, 4.69) is 0 Å². The van der Waals surface area contributed by atoms with Crippen molar-refractivity contribution in [3.8, 4) is 0 Å². The number of nitro groups is 1. The Hall–Kier alpha value is -1.39. The lowest BCUT2D eigenvalue weighted by molar-refractivity contribution is -0.510. The van der Waals surface area contributed by atoms with Gasteiger partial charge in [-0.3, -0.25) is 14.9 Å². The highest BCUT2D eigenvalue weighted by Crippen LogP contribution is 2.63. The van der Waals surface area contributed by atoms with Crippen LogP contribution in [0.1, 0.15) is 33.6 Å². The minimum Gasteiger partial charge on any atom is -0.481 e. The first kappa shape index (κ1) is 14.0. The SMILES string of the molecule is CC(C)(C)C(C(=O)O)[C@]1(C[N+](=O)[O-])C[C@@H]2CC=C[C@@H]21. The summed E-state index contributed by atoms with van der Waals surface area (Å²) in [5.41, 5.74) is -1.20. The van der Waals surface area contributed by atoms with Gasteiger partial charge >= 0.3 is 5.97 Å². The van der Waals surface area contributed by atoms with Crippen LogP contribution in [0.5, 0.6) is 0 Å². The van der Waals surface area contributed by atoms with Crippen LogP contribution in [-0.4, -0.2) is 22.5 Å². The van der Waals surface area contributed by atoms with E-state index in [-0.39, 0.29) is 17.4 Å². The number of hydrogen-bond donors (Lipinski definition) is 1. The highest BCUT2D eigenvalue weighted by Gasteiger charge is 2.64. The summed E-state index contributed by atoms with van der Waals surface area (Å²) in [5, 5.41) is 20.6. The van der Waals surface area contributed by atoms with Gasteiger partial charge in [0, 0.05) is 4.92 Å². The molecule has 1 fully saturated rings. The fourth-order valence-corrected chi connectivity index (χ4v) is 4.33. The molecular weight excluding hydrogens is 246 g/mol. The number of aliphatic carboxylic acids is 1. The second-order valence-electron chi connectivity index (χ2n) is 7.02. The Bertz CT molecular complexity index is 437. The molecule has 1 N–H and O–H groups in total. The third-order valence-electron chi connectivity index (χ3n) is 4.71. The highest BCUT2D eigenvalue weighted by molar-refractivity contribution is 5.72. The Morgan fingerprint density at radius 1 is 1.58 bits per heavy atom. The van der Waals surface area contributed by atoms with Crippen LogP contribution in [0, 0.1) is 38.7 Å². The van der Waals surface area contributed by atoms with Gasteiger partial charge in [-0.25, -0.2) is 0 Å². The summed E-state index contributed by atoms with van der Waals surface area (Å²) in [6.45, 7) is 5.34. The fourth-order valence-electron chi connectivity index (χ4n) is 4.33. The van der Waals surface area contributed by atoms with Gasteiger partial charge in [0.15, 0.2) is 0 Å². The quantitative estimate of drug-likeness (QED) is 0.482. The van der Waals surface area contributed by atoms with Crippen LogP contribution in [0.3, 0.4) is 0 Å². The van der Waals surface area contributed by atoms with Crippen LogP contribution in [0.15, 0.2) is 12.2 Å². The van der Waals surface area contributed by atoms with Crippen molar-refractivity contribution in [3.63, 3.8) is 0 Å². The van der Waals surface area contributed by atoms with E-state index in [1.807, 2.05) is 32.9 Å². The smallest absolute Gasteiger partial charge is 0.307 e. The zero-order chi connectivity index (χ0) is 14.4. The van der Waals surface area contributed by atoms with Crippen LogP contribution >= 0.6 is 0 Å². The third kappa shape index (κ3) is 2.15. The van der Waals surface area contributed by atoms with Crippen molar-refractivity contribution in [1.29, 1.82) is 0 Å². The predicted octanol–water partition coefficient (Wildman–Crippen LogP) is 2.59. The lowest BCUT2D eigenvalue weighted by Gasteiger charge is -2.55. The summed E-state index contributed by atoms with van der Waals surface area (Å²) in [7, 11) is 0. The first-order chi connectivity index (χ1) is 8.68. The maximum absolute atomic E-state index is 11.7. The second-order valence-corrected chi connectivity index (χ2v) is 7.02. The molecule has 2 aliphatic rings. The molecule has 0 aromatic carbocycles. The van der Waals surface area contributed by atoms with Crippen LogP contribution in [-0.2, 0) is 4.79 Å². The summed E-state index contributed by atoms with van der Waals surface area (Å²) < 4.78 is 0. The lowest BCUT2D eigenvalue weighted by atomic mass is 9.46. The number of hydrogen-bond acceptors (Lipinski definition) is 3. The number of nitrogens with zero attached hydrogens (tertiary/aromatic N) is 1. The van der Waals surface area contributed by atoms with Gasteiger partial charge in [0.2, 0.25) is 6.54 Å². The van der Waals surface area contributed by atoms with E-state index >= 15 is 0 Å². The molecule has 2 rings (SSSR count). The largest absolute Gasteiger partial charge is 0.481 e. The normalized spacial score (nSPS) is 34.5. The number of carboxylic acids is 1. The molecule has 0 bridgehead atoms. The van der Waals surface area contributed by atoms with Gasteiger partial charge in [0.05, 0.1) is 11.3 Å². The average molecular weight is 267 g/mol. The summed E-state index contributed by atoms with van der Waals surface area (Å²) in [4.78, 5) is 22.4. The molecule has 0 aromatic rings. The number of carbonyl (C=O) groups is 1. The van der Waals surface area contributed by atoms with Gasteiger partial charge in [0.1, 0.15) is 0 Å². The van der Waals surface area contributed by atoms with E-state index in [0.717, 1.165) is 6.42 Å². The van der Waals surface area contributed by atoms with Crippen molar-refractivity contribution in [2.24, 2.45) is 28.6 Å². The Labute approximate surface area is 112 Å². The number of allylic oxidation sites excluding steroid dienone is 2. The van der Waals surface area contributed by atoms with Gasteiger partial charge in [-0.2, -0.15) is 0 Å². The monoisotopic (exact) mass is 267 g/mol. The van der Waals surface area contributed by atoms with Crippen LogP contribution in [0.25, 0.3) is 0 Å². The van der Waals surface area contributed by atoms with E-state index in [0.29, 0.717) is 12.3 Å². The number of carboxylic acid groups (broad SMARTS) is 1. The molecule has 0 spiro atoms. The van der Waals surface area contributed by atoms with Gasteiger partial charge in [0.25, 0.3) is 0 Å². The zero-order valence-electron chi connectivity index (χ0n) is 11.6. The molecule has 2 aliphatic carbocycles. The summed E-state index contributed by atoms with van der Waals surface area (Å²) in [5.74, 6) is -1.13. The van der Waals surface area contributed by atoms with Crippen molar-refractivity contribution < 1.29 is 14.8 Å². The molecular formula is C14H21NO4. The molecule has 0 radical (unpaired) electrons. The maximum Gasteiger partial charge on any atom is 0.307 e. The van der Waals surface area contributed by atoms with Crippen molar-refractivity contribution in [2.45, 2.75) is 33.6 Å². The Morgan fingerprint density at radius 3 is 2.63 bits per heavy atom. The molecule has 19 heavy (non-hydrogen) atoms. The average Bonchev–Trinajstić information content (AvgIpc) is 2.55. The first-order valence-electron chi connectivity index (χ1n) is 6.70. The Kier molecular flexibility index (Phi) is 3.19. The maximum atomic E-state index is 11.7. The van der Waals surface area contributed by atoms with Gasteiger partial charge in [-0.05, 0) is 30.1 Å². The first-order valence-corrected chi connectivity index (χ1v) is 6.70. The van der Waals surface area contributed by atoms with Crippen molar-refractivity contribution in [3.05, 3.63) is 22.3 Å². The minimum absolute atomic E-state index is 0.0539. The van der Waals surface area contributed by atoms with E-state index in [9.17, 15) is 20.0 Å². The summed E-state index contributed by atoms with van der Waals surface area (Å²) >= 11 is 0. The molecule has 106 valence electrons. The molecule has 0 saturated heterocycles. The van der Waals surface area contributed by atoms with E-state index in [1.165, 1.54) is 0 Å². The van der Waals surface area contributed by atoms with Crippen molar-refractivity contribution >= 4 is 5.97 Å². The Balaban J connectivity index is 2.40. The Morgan fingerprint density at radius 2 is 2.21 bits per heavy atom. The summed E-state index contributed by atoms with van der Waals surface area (Å²) in [6.07, 6.45) is 5.62. The molecule has 1 saturated carbocycles. The molecule has 4 atom stereocenters. The molecule has 0 amide bonds. The molecule has 5 heteroatoms. The number of fused-ring (bicyclic) bond motifs is 1. The fraction of sp³-hybridized carbons (Fsp3) is 0.786. The van der Waals surface area contributed by atoms with Crippen LogP contribution in [0.2, 0.25) is 0 Å². The zero-order valence-corrected chi connectivity index (χ0v) is 11.6. The van der Waals surface area contributed by atoms with Crippen molar-refractivity contribution in [2.75, 3.05) is 6.54 Å². The van der Waals surface area contributed by atoms with Gasteiger partial charge in [-0.15, -0.1) is 0 Å². The molecule has 1 unspecified atom stereocenters. The highest BCUT2D eigenvalue weighted by atomic mass is 16.6. The number of rotatable bonds is 4. The van der Waals surface area contributed by atoms with Gasteiger partial charge < -0.3 is 5.11 Å². The van der Waals surface area contributed by atoms with Crippen LogP contribution < -0.4 is 0 Å². The standard InChI is InChI=1S/C14H21NO4/c1-13(2,3)11(12(16)17)14(8-15(18)19)7-9-5-4-6-10(9)14/h4,6,9-11H,5,7-8H2,1-3H3,(H,16,17)/t9-,10-,11?,14-/m0/s1. The molecule has 0 aromatic heterocycles. The molecule has 0 aliphatic heterocycles. The van der Waals surface area contributed by atoms with E-state index < -0.39 is 22.7 Å². The molecule has 0 heterocycles. The van der Waals surface area contributed by atoms with E-state index in [4.69, 9.17) is 0 Å². The lowest BCUT2D eigenvalue weighted by Crippen LogP contribution is -2.59. The minimum atomic E-state index is -0.909. The second kappa shape index (κ2) is 4.32. The van der Waals surface area contributed by atoms with E-state index in [1.54, 1.807) is 0 Å². The van der Waals surface area contributed by atoms with Crippen LogP contribution in [0.4, 0.5) is 0 Å². The molecule has 5 nitrogen and oxygen atoms in total.